The van der Waals surface area contributed by atoms with Gasteiger partial charge in [-0.2, -0.15) is 5.26 Å². The normalized spacial score (nSPS) is 26.6. The molecule has 27 heavy (non-hydrogen) atoms. The molecule has 0 spiro atoms. The molecule has 2 saturated heterocycles. The first-order valence-corrected chi connectivity index (χ1v) is 9.93. The second kappa shape index (κ2) is 5.25. The van der Waals surface area contributed by atoms with Gasteiger partial charge in [0.2, 0.25) is 0 Å². The van der Waals surface area contributed by atoms with Gasteiger partial charge in [-0.3, -0.25) is 4.40 Å². The van der Waals surface area contributed by atoms with Crippen molar-refractivity contribution in [3.8, 4) is 6.07 Å². The number of fused-ring (bicyclic) bond motifs is 5. The maximum atomic E-state index is 9.76. The Morgan fingerprint density at radius 1 is 1.22 bits per heavy atom. The van der Waals surface area contributed by atoms with Crippen LogP contribution in [0, 0.1) is 23.7 Å². The first kappa shape index (κ1) is 16.6. The first-order chi connectivity index (χ1) is 12.8. The van der Waals surface area contributed by atoms with Crippen molar-refractivity contribution in [2.24, 2.45) is 5.41 Å². The molecule has 2 aliphatic heterocycles. The highest BCUT2D eigenvalue weighted by atomic mass is 15.3. The van der Waals surface area contributed by atoms with Gasteiger partial charge in [-0.15, -0.1) is 0 Å². The molecule has 138 valence electrons. The summed E-state index contributed by atoms with van der Waals surface area (Å²) in [7, 11) is 0. The molecule has 2 atom stereocenters. The van der Waals surface area contributed by atoms with Crippen LogP contribution in [0.1, 0.15) is 57.6 Å². The van der Waals surface area contributed by atoms with E-state index in [1.165, 1.54) is 31.5 Å². The summed E-state index contributed by atoms with van der Waals surface area (Å²) in [5.41, 5.74) is 5.08. The van der Waals surface area contributed by atoms with Gasteiger partial charge in [-0.25, -0.2) is 4.98 Å². The third kappa shape index (κ3) is 2.24. The van der Waals surface area contributed by atoms with Crippen LogP contribution in [0.25, 0.3) is 16.7 Å². The Labute approximate surface area is 160 Å². The van der Waals surface area contributed by atoms with Gasteiger partial charge in [0.25, 0.3) is 0 Å². The maximum absolute atomic E-state index is 9.76. The number of nitriles is 1. The SMILES string of the molecule is Cc1cc(N2[C@H]3CC[C@@]2(C)CC(C)(C)C3)n2c(nc3ccccc32)c1C#N. The molecule has 4 heteroatoms. The minimum Gasteiger partial charge on any atom is -0.349 e. The van der Waals surface area contributed by atoms with Gasteiger partial charge >= 0.3 is 0 Å². The number of aromatic nitrogens is 2. The summed E-state index contributed by atoms with van der Waals surface area (Å²) in [6.45, 7) is 9.28. The Bertz CT molecular complexity index is 1120. The van der Waals surface area contributed by atoms with Gasteiger partial charge in [0, 0.05) is 11.6 Å². The highest BCUT2D eigenvalue weighted by molar-refractivity contribution is 5.85. The Morgan fingerprint density at radius 3 is 2.74 bits per heavy atom. The molecular formula is C23H26N4. The summed E-state index contributed by atoms with van der Waals surface area (Å²) in [5.74, 6) is 1.20. The fraction of sp³-hybridized carbons (Fsp3) is 0.478. The van der Waals surface area contributed by atoms with Crippen LogP contribution < -0.4 is 4.90 Å². The molecule has 2 aromatic heterocycles. The summed E-state index contributed by atoms with van der Waals surface area (Å²) in [6, 6.07) is 13.4. The Hall–Kier alpha value is -2.54. The predicted octanol–water partition coefficient (Wildman–Crippen LogP) is 5.22. The van der Waals surface area contributed by atoms with Crippen LogP contribution in [-0.2, 0) is 0 Å². The zero-order chi connectivity index (χ0) is 19.0. The van der Waals surface area contributed by atoms with Gasteiger partial charge in [0.05, 0.1) is 16.6 Å². The summed E-state index contributed by atoms with van der Waals surface area (Å²) in [6.07, 6.45) is 4.89. The first-order valence-electron chi connectivity index (χ1n) is 9.93. The average Bonchev–Trinajstić information content (AvgIpc) is 3.07. The van der Waals surface area contributed by atoms with Crippen molar-refractivity contribution in [1.29, 1.82) is 5.26 Å². The second-order valence-corrected chi connectivity index (χ2v) is 9.54. The minimum atomic E-state index is 0.158. The molecule has 0 N–H and O–H groups in total. The fourth-order valence-electron chi connectivity index (χ4n) is 5.99. The predicted molar refractivity (Wildman–Crippen MR) is 109 cm³/mol. The third-order valence-corrected chi connectivity index (χ3v) is 6.72. The molecule has 4 nitrogen and oxygen atoms in total. The van der Waals surface area contributed by atoms with Gasteiger partial charge < -0.3 is 4.90 Å². The summed E-state index contributed by atoms with van der Waals surface area (Å²) >= 11 is 0. The lowest BCUT2D eigenvalue weighted by Gasteiger charge is -2.50. The molecule has 5 rings (SSSR count). The summed E-state index contributed by atoms with van der Waals surface area (Å²) in [5, 5.41) is 9.76. The van der Waals surface area contributed by atoms with E-state index in [4.69, 9.17) is 4.98 Å². The standard InChI is InChI=1S/C23H26N4/c1-15-11-20(27-16-9-10-23(27,4)14-22(2,3)12-16)26-19-8-6-5-7-18(19)25-21(26)17(15)13-24/h5-8,11,16H,9-10,12,14H2,1-4H3/t16-,23-/m0/s1. The average molecular weight is 358 g/mol. The fourth-order valence-corrected chi connectivity index (χ4v) is 5.99. The van der Waals surface area contributed by atoms with Crippen molar-refractivity contribution >= 4 is 22.5 Å². The van der Waals surface area contributed by atoms with Crippen molar-refractivity contribution in [1.82, 2.24) is 9.38 Å². The number of aryl methyl sites for hydroxylation is 1. The van der Waals surface area contributed by atoms with E-state index in [1.54, 1.807) is 0 Å². The van der Waals surface area contributed by atoms with Gasteiger partial charge in [0.15, 0.2) is 5.65 Å². The third-order valence-electron chi connectivity index (χ3n) is 6.72. The van der Waals surface area contributed by atoms with E-state index in [0.717, 1.165) is 22.2 Å². The number of rotatable bonds is 1. The molecule has 2 fully saturated rings. The van der Waals surface area contributed by atoms with E-state index in [0.29, 0.717) is 17.0 Å². The molecule has 0 aliphatic carbocycles. The molecule has 0 saturated carbocycles. The van der Waals surface area contributed by atoms with E-state index >= 15 is 0 Å². The molecule has 0 radical (unpaired) electrons. The number of anilines is 1. The Kier molecular flexibility index (Phi) is 3.23. The second-order valence-electron chi connectivity index (χ2n) is 9.54. The number of nitrogens with zero attached hydrogens (tertiary/aromatic N) is 4. The summed E-state index contributed by atoms with van der Waals surface area (Å²) < 4.78 is 2.23. The highest BCUT2D eigenvalue weighted by Crippen LogP contribution is 2.53. The lowest BCUT2D eigenvalue weighted by molar-refractivity contribution is 0.184. The number of imidazole rings is 1. The Balaban J connectivity index is 1.84. The van der Waals surface area contributed by atoms with Crippen molar-refractivity contribution in [2.75, 3.05) is 4.90 Å². The molecule has 1 aromatic carbocycles. The van der Waals surface area contributed by atoms with E-state index in [-0.39, 0.29) is 5.54 Å². The number of hydrogen-bond donors (Lipinski definition) is 0. The molecule has 4 heterocycles. The van der Waals surface area contributed by atoms with E-state index in [9.17, 15) is 5.26 Å². The number of para-hydroxylation sites is 2. The van der Waals surface area contributed by atoms with E-state index in [2.05, 4.69) is 54.3 Å². The topological polar surface area (TPSA) is 44.3 Å². The van der Waals surface area contributed by atoms with Crippen LogP contribution in [0.5, 0.6) is 0 Å². The number of pyridine rings is 1. The molecule has 3 aromatic rings. The number of benzene rings is 1. The van der Waals surface area contributed by atoms with Crippen LogP contribution in [0.4, 0.5) is 5.82 Å². The largest absolute Gasteiger partial charge is 0.349 e. The van der Waals surface area contributed by atoms with Crippen LogP contribution in [0.2, 0.25) is 0 Å². The Morgan fingerprint density at radius 2 is 2.00 bits per heavy atom. The van der Waals surface area contributed by atoms with Crippen LogP contribution in [-0.4, -0.2) is 21.0 Å². The molecule has 2 bridgehead atoms. The van der Waals surface area contributed by atoms with Crippen molar-refractivity contribution in [3.05, 3.63) is 41.5 Å². The minimum absolute atomic E-state index is 0.158. The van der Waals surface area contributed by atoms with Crippen LogP contribution in [0.15, 0.2) is 30.3 Å². The monoisotopic (exact) mass is 358 g/mol. The summed E-state index contributed by atoms with van der Waals surface area (Å²) in [4.78, 5) is 7.50. The molecule has 2 aliphatic rings. The highest BCUT2D eigenvalue weighted by Gasteiger charge is 2.52. The molecule has 0 unspecified atom stereocenters. The van der Waals surface area contributed by atoms with Crippen molar-refractivity contribution < 1.29 is 0 Å². The number of piperidine rings is 1. The van der Waals surface area contributed by atoms with Crippen LogP contribution >= 0.6 is 0 Å². The maximum Gasteiger partial charge on any atom is 0.157 e. The van der Waals surface area contributed by atoms with E-state index in [1.807, 2.05) is 19.1 Å². The smallest absolute Gasteiger partial charge is 0.157 e. The van der Waals surface area contributed by atoms with Crippen LogP contribution in [0.3, 0.4) is 0 Å². The van der Waals surface area contributed by atoms with Gasteiger partial charge in [0.1, 0.15) is 11.9 Å². The lowest BCUT2D eigenvalue weighted by Crippen LogP contribution is -2.54. The van der Waals surface area contributed by atoms with Crippen molar-refractivity contribution in [3.63, 3.8) is 0 Å². The molecule has 0 amide bonds. The number of hydrogen-bond acceptors (Lipinski definition) is 3. The van der Waals surface area contributed by atoms with Gasteiger partial charge in [-0.05, 0) is 68.7 Å². The lowest BCUT2D eigenvalue weighted by atomic mass is 9.73. The quantitative estimate of drug-likeness (QED) is 0.599. The molecular weight excluding hydrogens is 332 g/mol. The van der Waals surface area contributed by atoms with E-state index < -0.39 is 0 Å². The zero-order valence-electron chi connectivity index (χ0n) is 16.6. The van der Waals surface area contributed by atoms with Gasteiger partial charge in [-0.1, -0.05) is 26.0 Å². The zero-order valence-corrected chi connectivity index (χ0v) is 16.6. The van der Waals surface area contributed by atoms with Crippen molar-refractivity contribution in [2.45, 2.75) is 65.0 Å².